The molecule has 0 aliphatic carbocycles. The highest BCUT2D eigenvalue weighted by Gasteiger charge is 2.11. The van der Waals surface area contributed by atoms with Gasteiger partial charge in [0.25, 0.3) is 5.56 Å². The number of rotatable bonds is 6. The Morgan fingerprint density at radius 1 is 0.857 bits per heavy atom. The van der Waals surface area contributed by atoms with Crippen molar-refractivity contribution < 1.29 is 4.74 Å². The summed E-state index contributed by atoms with van der Waals surface area (Å²) >= 11 is 0. The maximum absolute atomic E-state index is 12.9. The van der Waals surface area contributed by atoms with Crippen LogP contribution in [0.3, 0.4) is 0 Å². The summed E-state index contributed by atoms with van der Waals surface area (Å²) in [6.07, 6.45) is 1.61. The highest BCUT2D eigenvalue weighted by atomic mass is 16.5. The Balaban J connectivity index is 1.83. The van der Waals surface area contributed by atoms with Gasteiger partial charge in [-0.3, -0.25) is 13.9 Å². The molecule has 0 saturated carbocycles. The molecule has 3 aromatic rings. The molecule has 0 saturated heterocycles. The zero-order valence-corrected chi connectivity index (χ0v) is 16.9. The molecule has 2 aromatic carbocycles. The van der Waals surface area contributed by atoms with Gasteiger partial charge in [-0.05, 0) is 51.0 Å². The fourth-order valence-electron chi connectivity index (χ4n) is 3.14. The van der Waals surface area contributed by atoms with E-state index in [4.69, 9.17) is 4.74 Å². The van der Waals surface area contributed by atoms with Gasteiger partial charge < -0.3 is 4.74 Å². The average molecular weight is 378 g/mol. The molecule has 146 valence electrons. The average Bonchev–Trinajstić information content (AvgIpc) is 2.67. The van der Waals surface area contributed by atoms with E-state index in [0.29, 0.717) is 18.7 Å². The van der Waals surface area contributed by atoms with Crippen molar-refractivity contribution >= 4 is 0 Å². The van der Waals surface area contributed by atoms with Gasteiger partial charge in [-0.25, -0.2) is 4.79 Å². The van der Waals surface area contributed by atoms with Crippen molar-refractivity contribution in [1.82, 2.24) is 9.13 Å². The Hall–Kier alpha value is -3.08. The molecule has 0 radical (unpaired) electrons. The van der Waals surface area contributed by atoms with E-state index >= 15 is 0 Å². The van der Waals surface area contributed by atoms with Gasteiger partial charge in [-0.15, -0.1) is 0 Å². The quantitative estimate of drug-likeness (QED) is 0.661. The molecule has 3 rings (SSSR count). The molecule has 0 amide bonds. The summed E-state index contributed by atoms with van der Waals surface area (Å²) in [5.74, 6) is 0.763. The number of benzene rings is 2. The van der Waals surface area contributed by atoms with Crippen LogP contribution in [0.25, 0.3) is 0 Å². The van der Waals surface area contributed by atoms with Crippen LogP contribution in [0, 0.1) is 27.7 Å². The van der Waals surface area contributed by atoms with Gasteiger partial charge in [-0.2, -0.15) is 0 Å². The Bertz CT molecular complexity index is 1090. The molecular formula is C23H26N2O3. The molecule has 1 heterocycles. The van der Waals surface area contributed by atoms with Crippen LogP contribution in [0.4, 0.5) is 0 Å². The molecule has 0 fully saturated rings. The van der Waals surface area contributed by atoms with Crippen molar-refractivity contribution in [2.45, 2.75) is 40.8 Å². The molecule has 0 spiro atoms. The van der Waals surface area contributed by atoms with E-state index in [9.17, 15) is 9.59 Å². The lowest BCUT2D eigenvalue weighted by atomic mass is 10.1. The first-order valence-electron chi connectivity index (χ1n) is 9.41. The van der Waals surface area contributed by atoms with Crippen LogP contribution in [0.5, 0.6) is 5.75 Å². The van der Waals surface area contributed by atoms with Crippen LogP contribution in [0.15, 0.2) is 58.3 Å². The summed E-state index contributed by atoms with van der Waals surface area (Å²) in [6, 6.07) is 13.8. The van der Waals surface area contributed by atoms with Gasteiger partial charge in [-0.1, -0.05) is 41.5 Å². The molecule has 0 atom stereocenters. The predicted molar refractivity (Wildman–Crippen MR) is 111 cm³/mol. The summed E-state index contributed by atoms with van der Waals surface area (Å²) < 4.78 is 8.60. The minimum atomic E-state index is -0.316. The van der Waals surface area contributed by atoms with E-state index in [1.54, 1.807) is 17.7 Å². The zero-order chi connectivity index (χ0) is 20.3. The summed E-state index contributed by atoms with van der Waals surface area (Å²) in [7, 11) is 0. The smallest absolute Gasteiger partial charge is 0.331 e. The van der Waals surface area contributed by atoms with Gasteiger partial charge in [0.15, 0.2) is 0 Å². The number of ether oxygens (including phenoxy) is 1. The van der Waals surface area contributed by atoms with Gasteiger partial charge in [0.2, 0.25) is 0 Å². The second-order valence-electron chi connectivity index (χ2n) is 7.27. The maximum Gasteiger partial charge on any atom is 0.331 e. The van der Waals surface area contributed by atoms with E-state index in [1.807, 2.05) is 63.2 Å². The van der Waals surface area contributed by atoms with Crippen molar-refractivity contribution in [2.24, 2.45) is 0 Å². The van der Waals surface area contributed by atoms with Gasteiger partial charge in [0.1, 0.15) is 12.4 Å². The standard InChI is InChI=1S/C23H26N2O3/c1-16-6-9-21(10-7-16)28-12-11-24-14-19(4)22(26)25(23(24)27)15-20-13-17(2)5-8-18(20)3/h5-10,13-14H,11-12,15H2,1-4H3. The minimum Gasteiger partial charge on any atom is -0.492 e. The van der Waals surface area contributed by atoms with Gasteiger partial charge in [0, 0.05) is 11.8 Å². The first-order chi connectivity index (χ1) is 13.3. The van der Waals surface area contributed by atoms with Crippen LogP contribution in [0.2, 0.25) is 0 Å². The molecule has 5 nitrogen and oxygen atoms in total. The Labute approximate surface area is 164 Å². The Morgan fingerprint density at radius 3 is 2.25 bits per heavy atom. The first-order valence-corrected chi connectivity index (χ1v) is 9.41. The Kier molecular flexibility index (Phi) is 5.83. The fourth-order valence-corrected chi connectivity index (χ4v) is 3.14. The molecule has 0 unspecified atom stereocenters. The zero-order valence-electron chi connectivity index (χ0n) is 16.9. The summed E-state index contributed by atoms with van der Waals surface area (Å²) in [4.78, 5) is 25.5. The van der Waals surface area contributed by atoms with E-state index in [-0.39, 0.29) is 17.8 Å². The van der Waals surface area contributed by atoms with Crippen molar-refractivity contribution in [3.8, 4) is 5.75 Å². The molecule has 0 N–H and O–H groups in total. The van der Waals surface area contributed by atoms with Crippen LogP contribution in [-0.4, -0.2) is 15.7 Å². The Morgan fingerprint density at radius 2 is 1.54 bits per heavy atom. The lowest BCUT2D eigenvalue weighted by Crippen LogP contribution is -2.41. The largest absolute Gasteiger partial charge is 0.492 e. The molecule has 5 heteroatoms. The monoisotopic (exact) mass is 378 g/mol. The summed E-state index contributed by atoms with van der Waals surface area (Å²) in [6.45, 7) is 8.74. The first kappa shape index (κ1) is 19.7. The van der Waals surface area contributed by atoms with E-state index in [2.05, 4.69) is 0 Å². The van der Waals surface area contributed by atoms with Crippen molar-refractivity contribution in [1.29, 1.82) is 0 Å². The molecule has 28 heavy (non-hydrogen) atoms. The minimum absolute atomic E-state index is 0.249. The lowest BCUT2D eigenvalue weighted by molar-refractivity contribution is 0.293. The third kappa shape index (κ3) is 4.42. The van der Waals surface area contributed by atoms with E-state index < -0.39 is 0 Å². The second kappa shape index (κ2) is 8.30. The summed E-state index contributed by atoms with van der Waals surface area (Å²) in [5.41, 5.74) is 4.29. The van der Waals surface area contributed by atoms with Crippen molar-refractivity contribution in [3.05, 3.63) is 97.3 Å². The number of hydrogen-bond donors (Lipinski definition) is 0. The topological polar surface area (TPSA) is 53.2 Å². The molecule has 1 aromatic heterocycles. The SMILES string of the molecule is Cc1ccc(OCCn2cc(C)c(=O)n(Cc3cc(C)ccc3C)c2=O)cc1. The maximum atomic E-state index is 12.9. The highest BCUT2D eigenvalue weighted by Crippen LogP contribution is 2.12. The fraction of sp³-hybridized carbons (Fsp3) is 0.304. The van der Waals surface area contributed by atoms with Crippen LogP contribution in [-0.2, 0) is 13.1 Å². The number of hydrogen-bond acceptors (Lipinski definition) is 3. The summed E-state index contributed by atoms with van der Waals surface area (Å²) in [5, 5.41) is 0. The third-order valence-electron chi connectivity index (χ3n) is 4.86. The predicted octanol–water partition coefficient (Wildman–Crippen LogP) is 3.37. The van der Waals surface area contributed by atoms with Crippen LogP contribution >= 0.6 is 0 Å². The number of aromatic nitrogens is 2. The molecule has 0 aliphatic heterocycles. The second-order valence-corrected chi connectivity index (χ2v) is 7.27. The van der Waals surface area contributed by atoms with Crippen LogP contribution < -0.4 is 16.0 Å². The molecule has 0 bridgehead atoms. The highest BCUT2D eigenvalue weighted by molar-refractivity contribution is 5.30. The number of nitrogens with zero attached hydrogens (tertiary/aromatic N) is 2. The lowest BCUT2D eigenvalue weighted by Gasteiger charge is -2.14. The van der Waals surface area contributed by atoms with Crippen molar-refractivity contribution in [2.75, 3.05) is 6.61 Å². The van der Waals surface area contributed by atoms with Crippen LogP contribution in [0.1, 0.15) is 27.8 Å². The normalized spacial score (nSPS) is 10.9. The third-order valence-corrected chi connectivity index (χ3v) is 4.86. The molecule has 0 aliphatic rings. The number of aryl methyl sites for hydroxylation is 4. The van der Waals surface area contributed by atoms with Crippen molar-refractivity contribution in [3.63, 3.8) is 0 Å². The van der Waals surface area contributed by atoms with E-state index in [1.165, 1.54) is 4.57 Å². The van der Waals surface area contributed by atoms with Gasteiger partial charge in [0.05, 0.1) is 13.1 Å². The molecular weight excluding hydrogens is 352 g/mol. The van der Waals surface area contributed by atoms with E-state index in [0.717, 1.165) is 28.0 Å². The van der Waals surface area contributed by atoms with Gasteiger partial charge >= 0.3 is 5.69 Å².